The SMILES string of the molecule is CC(C)(C)[Si](OCCC(O)(CO)CO)(c1ccccc1)c1ccccc1. The third-order valence-corrected chi connectivity index (χ3v) is 9.93. The van der Waals surface area contributed by atoms with E-state index in [2.05, 4.69) is 45.0 Å². The van der Waals surface area contributed by atoms with Crippen molar-refractivity contribution in [2.24, 2.45) is 0 Å². The number of hydrogen-bond acceptors (Lipinski definition) is 4. The van der Waals surface area contributed by atoms with Gasteiger partial charge in [0.15, 0.2) is 0 Å². The number of aliphatic hydroxyl groups is 3. The average molecular weight is 375 g/mol. The van der Waals surface area contributed by atoms with Crippen LogP contribution in [0.15, 0.2) is 60.7 Å². The Hall–Kier alpha value is -1.50. The fourth-order valence-electron chi connectivity index (χ4n) is 3.36. The molecule has 3 N–H and O–H groups in total. The van der Waals surface area contributed by atoms with Crippen molar-refractivity contribution in [2.75, 3.05) is 19.8 Å². The summed E-state index contributed by atoms with van der Waals surface area (Å²) in [4.78, 5) is 0. The first-order valence-corrected chi connectivity index (χ1v) is 10.9. The van der Waals surface area contributed by atoms with Crippen LogP contribution in [0.3, 0.4) is 0 Å². The Balaban J connectivity index is 2.47. The highest BCUT2D eigenvalue weighted by Gasteiger charge is 2.50. The largest absolute Gasteiger partial charge is 0.407 e. The molecule has 5 heteroatoms. The molecule has 0 unspecified atom stereocenters. The maximum atomic E-state index is 10.2. The molecule has 0 aromatic heterocycles. The lowest BCUT2D eigenvalue weighted by Crippen LogP contribution is -2.66. The topological polar surface area (TPSA) is 69.9 Å². The summed E-state index contributed by atoms with van der Waals surface area (Å²) in [5.74, 6) is 0. The van der Waals surface area contributed by atoms with Crippen molar-refractivity contribution < 1.29 is 19.7 Å². The molecule has 4 nitrogen and oxygen atoms in total. The van der Waals surface area contributed by atoms with Crippen LogP contribution in [0.1, 0.15) is 27.2 Å². The van der Waals surface area contributed by atoms with E-state index in [1.165, 1.54) is 0 Å². The van der Waals surface area contributed by atoms with Crippen LogP contribution in [0.5, 0.6) is 0 Å². The van der Waals surface area contributed by atoms with Gasteiger partial charge in [-0.2, -0.15) is 0 Å². The molecule has 0 aliphatic rings. The van der Waals surface area contributed by atoms with E-state index in [1.54, 1.807) is 0 Å². The van der Waals surface area contributed by atoms with Gasteiger partial charge in [-0.25, -0.2) is 0 Å². The highest BCUT2D eigenvalue weighted by Crippen LogP contribution is 2.37. The number of hydrogen-bond donors (Lipinski definition) is 3. The van der Waals surface area contributed by atoms with Gasteiger partial charge in [0.2, 0.25) is 0 Å². The standard InChI is InChI=1S/C21H30O4Si/c1-20(2,3)26(18-10-6-4-7-11-18,19-12-8-5-9-13-19)25-15-14-21(24,16-22)17-23/h4-13,22-24H,14-17H2,1-3H3. The van der Waals surface area contributed by atoms with E-state index in [9.17, 15) is 15.3 Å². The third kappa shape index (κ3) is 4.24. The molecule has 0 radical (unpaired) electrons. The van der Waals surface area contributed by atoms with Crippen LogP contribution in [0.25, 0.3) is 0 Å². The Morgan fingerprint density at radius 2 is 1.23 bits per heavy atom. The normalized spacial score (nSPS) is 13.0. The van der Waals surface area contributed by atoms with Crippen molar-refractivity contribution in [2.45, 2.75) is 37.8 Å². The van der Waals surface area contributed by atoms with E-state index in [-0.39, 0.29) is 18.1 Å². The second-order valence-electron chi connectivity index (χ2n) is 7.80. The predicted molar refractivity (Wildman–Crippen MR) is 107 cm³/mol. The first-order chi connectivity index (χ1) is 12.3. The second kappa shape index (κ2) is 8.46. The van der Waals surface area contributed by atoms with E-state index in [0.717, 1.165) is 10.4 Å². The van der Waals surface area contributed by atoms with Gasteiger partial charge >= 0.3 is 0 Å². The summed E-state index contributed by atoms with van der Waals surface area (Å²) in [5.41, 5.74) is -1.52. The van der Waals surface area contributed by atoms with Crippen LogP contribution >= 0.6 is 0 Å². The molecule has 0 atom stereocenters. The van der Waals surface area contributed by atoms with E-state index in [4.69, 9.17) is 4.43 Å². The molecule has 0 aliphatic heterocycles. The van der Waals surface area contributed by atoms with Crippen molar-refractivity contribution >= 4 is 18.7 Å². The van der Waals surface area contributed by atoms with Gasteiger partial charge in [0.05, 0.1) is 13.2 Å². The van der Waals surface area contributed by atoms with Gasteiger partial charge < -0.3 is 19.7 Å². The number of rotatable bonds is 8. The maximum Gasteiger partial charge on any atom is 0.261 e. The summed E-state index contributed by atoms with van der Waals surface area (Å²) in [5, 5.41) is 31.1. The Labute approximate surface area is 157 Å². The fraction of sp³-hybridized carbons (Fsp3) is 0.429. The maximum absolute atomic E-state index is 10.2. The Kier molecular flexibility index (Phi) is 6.77. The highest BCUT2D eigenvalue weighted by molar-refractivity contribution is 6.99. The summed E-state index contributed by atoms with van der Waals surface area (Å²) >= 11 is 0. The molecular formula is C21H30O4Si. The second-order valence-corrected chi connectivity index (χ2v) is 12.1. The van der Waals surface area contributed by atoms with E-state index in [1.807, 2.05) is 36.4 Å². The number of benzene rings is 2. The van der Waals surface area contributed by atoms with Crippen LogP contribution in [0.4, 0.5) is 0 Å². The Morgan fingerprint density at radius 3 is 1.58 bits per heavy atom. The lowest BCUT2D eigenvalue weighted by atomic mass is 10.0. The molecule has 26 heavy (non-hydrogen) atoms. The lowest BCUT2D eigenvalue weighted by molar-refractivity contribution is -0.0669. The summed E-state index contributed by atoms with van der Waals surface area (Å²) in [6, 6.07) is 20.5. The molecule has 0 saturated carbocycles. The molecule has 0 bridgehead atoms. The predicted octanol–water partition coefficient (Wildman–Crippen LogP) is 1.67. The quantitative estimate of drug-likeness (QED) is 0.615. The number of aliphatic hydroxyl groups excluding tert-OH is 2. The van der Waals surface area contributed by atoms with E-state index < -0.39 is 27.1 Å². The molecule has 0 saturated heterocycles. The zero-order valence-electron chi connectivity index (χ0n) is 15.9. The summed E-state index contributed by atoms with van der Waals surface area (Å²) in [6.45, 7) is 5.82. The van der Waals surface area contributed by atoms with Crippen LogP contribution in [-0.2, 0) is 4.43 Å². The average Bonchev–Trinajstić information content (AvgIpc) is 2.65. The summed E-state index contributed by atoms with van der Waals surface area (Å²) < 4.78 is 6.62. The van der Waals surface area contributed by atoms with Crippen molar-refractivity contribution in [3.05, 3.63) is 60.7 Å². The molecule has 2 aromatic rings. The van der Waals surface area contributed by atoms with E-state index >= 15 is 0 Å². The van der Waals surface area contributed by atoms with Crippen LogP contribution in [0, 0.1) is 0 Å². The van der Waals surface area contributed by atoms with Crippen molar-refractivity contribution in [1.82, 2.24) is 0 Å². The molecule has 0 spiro atoms. The fourth-order valence-corrected chi connectivity index (χ4v) is 7.93. The summed E-state index contributed by atoms with van der Waals surface area (Å²) in [7, 11) is -2.65. The first-order valence-electron chi connectivity index (χ1n) is 8.98. The van der Waals surface area contributed by atoms with Gasteiger partial charge in [0.1, 0.15) is 5.60 Å². The van der Waals surface area contributed by atoms with Crippen molar-refractivity contribution in [3.8, 4) is 0 Å². The highest BCUT2D eigenvalue weighted by atomic mass is 28.4. The minimum atomic E-state index is -2.65. The molecule has 0 aliphatic carbocycles. The van der Waals surface area contributed by atoms with Crippen molar-refractivity contribution in [1.29, 1.82) is 0 Å². The molecule has 2 rings (SSSR count). The van der Waals surface area contributed by atoms with Gasteiger partial charge in [-0.1, -0.05) is 81.4 Å². The van der Waals surface area contributed by atoms with E-state index in [0.29, 0.717) is 0 Å². The molecule has 2 aromatic carbocycles. The van der Waals surface area contributed by atoms with Gasteiger partial charge in [0.25, 0.3) is 8.32 Å². The molecule has 0 heterocycles. The van der Waals surface area contributed by atoms with Crippen molar-refractivity contribution in [3.63, 3.8) is 0 Å². The lowest BCUT2D eigenvalue weighted by Gasteiger charge is -2.43. The molecular weight excluding hydrogens is 344 g/mol. The zero-order valence-corrected chi connectivity index (χ0v) is 16.9. The summed E-state index contributed by atoms with van der Waals surface area (Å²) in [6.07, 6.45) is 0.171. The van der Waals surface area contributed by atoms with Gasteiger partial charge in [-0.3, -0.25) is 0 Å². The third-order valence-electron chi connectivity index (χ3n) is 4.89. The molecule has 0 fully saturated rings. The van der Waals surface area contributed by atoms with Crippen LogP contribution in [-0.4, -0.2) is 49.1 Å². The van der Waals surface area contributed by atoms with Crippen LogP contribution < -0.4 is 10.4 Å². The smallest absolute Gasteiger partial charge is 0.261 e. The molecule has 0 amide bonds. The van der Waals surface area contributed by atoms with Gasteiger partial charge in [-0.15, -0.1) is 0 Å². The van der Waals surface area contributed by atoms with Gasteiger partial charge in [-0.05, 0) is 15.4 Å². The first kappa shape index (κ1) is 20.8. The molecule has 142 valence electrons. The minimum absolute atomic E-state index is 0.147. The Bertz CT molecular complexity index is 624. The minimum Gasteiger partial charge on any atom is -0.407 e. The Morgan fingerprint density at radius 1 is 0.808 bits per heavy atom. The van der Waals surface area contributed by atoms with Crippen LogP contribution in [0.2, 0.25) is 5.04 Å². The monoisotopic (exact) mass is 374 g/mol. The zero-order chi connectivity index (χ0) is 19.3. The van der Waals surface area contributed by atoms with Gasteiger partial charge in [0, 0.05) is 13.0 Å².